The van der Waals surface area contributed by atoms with E-state index in [4.69, 9.17) is 0 Å². The molecule has 1 aromatic rings. The summed E-state index contributed by atoms with van der Waals surface area (Å²) in [4.78, 5) is 10.7. The summed E-state index contributed by atoms with van der Waals surface area (Å²) in [6.07, 6.45) is -2.09. The van der Waals surface area contributed by atoms with Gasteiger partial charge in [0, 0.05) is 31.8 Å². The Hall–Kier alpha value is -1.40. The summed E-state index contributed by atoms with van der Waals surface area (Å²) < 4.78 is 1.65. The van der Waals surface area contributed by atoms with Gasteiger partial charge in [-0.3, -0.25) is 9.48 Å². The lowest BCUT2D eigenvalue weighted by Gasteiger charge is -2.18. The summed E-state index contributed by atoms with van der Waals surface area (Å²) in [6, 6.07) is 0. The van der Waals surface area contributed by atoms with E-state index >= 15 is 0 Å². The fraction of sp³-hybridized carbons (Fsp3) is 0.636. The van der Waals surface area contributed by atoms with Crippen LogP contribution in [0.15, 0.2) is 0 Å². The molecule has 2 atom stereocenters. The molecule has 0 aromatic carbocycles. The highest BCUT2D eigenvalue weighted by Gasteiger charge is 2.24. The second-order valence-corrected chi connectivity index (χ2v) is 4.16. The van der Waals surface area contributed by atoms with Crippen LogP contribution < -0.4 is 5.32 Å². The molecular formula is C11H19N3O3. The molecule has 1 amide bonds. The van der Waals surface area contributed by atoms with E-state index in [1.54, 1.807) is 18.7 Å². The lowest BCUT2D eigenvalue weighted by atomic mass is 10.0. The molecular weight excluding hydrogens is 222 g/mol. The number of aromatic nitrogens is 2. The third-order valence-corrected chi connectivity index (χ3v) is 2.79. The molecule has 0 saturated carbocycles. The number of nitrogens with zero attached hydrogens (tertiary/aromatic N) is 2. The molecule has 0 saturated heterocycles. The van der Waals surface area contributed by atoms with E-state index in [1.807, 2.05) is 6.92 Å². The van der Waals surface area contributed by atoms with Crippen molar-refractivity contribution < 1.29 is 15.0 Å². The van der Waals surface area contributed by atoms with Crippen molar-refractivity contribution in [2.24, 2.45) is 7.05 Å². The number of rotatable bonds is 4. The van der Waals surface area contributed by atoms with Gasteiger partial charge < -0.3 is 15.5 Å². The first kappa shape index (κ1) is 13.7. The Morgan fingerprint density at radius 2 is 2.06 bits per heavy atom. The van der Waals surface area contributed by atoms with Crippen LogP contribution in [-0.2, 0) is 11.8 Å². The van der Waals surface area contributed by atoms with Gasteiger partial charge >= 0.3 is 0 Å². The van der Waals surface area contributed by atoms with Gasteiger partial charge in [0.2, 0.25) is 5.91 Å². The number of nitrogens with one attached hydrogen (secondary N) is 1. The maximum absolute atomic E-state index is 10.7. The first-order valence-electron chi connectivity index (χ1n) is 5.45. The zero-order valence-electron chi connectivity index (χ0n) is 10.6. The van der Waals surface area contributed by atoms with E-state index in [1.165, 1.54) is 6.92 Å². The highest BCUT2D eigenvalue weighted by Crippen LogP contribution is 2.23. The minimum Gasteiger partial charge on any atom is -0.388 e. The number of aliphatic hydroxyl groups excluding tert-OH is 2. The normalized spacial score (nSPS) is 14.5. The Bertz CT molecular complexity index is 414. The predicted octanol–water partition coefficient (Wildman–Crippen LogP) is -0.433. The maximum Gasteiger partial charge on any atom is 0.216 e. The summed E-state index contributed by atoms with van der Waals surface area (Å²) in [7, 11) is 1.78. The largest absolute Gasteiger partial charge is 0.388 e. The van der Waals surface area contributed by atoms with Crippen molar-refractivity contribution in [2.45, 2.75) is 33.0 Å². The van der Waals surface area contributed by atoms with Gasteiger partial charge in [0.05, 0.1) is 5.69 Å². The number of hydrogen-bond acceptors (Lipinski definition) is 4. The van der Waals surface area contributed by atoms with Crippen molar-refractivity contribution in [3.05, 3.63) is 17.0 Å². The first-order chi connectivity index (χ1) is 7.84. The molecule has 3 N–H and O–H groups in total. The van der Waals surface area contributed by atoms with Crippen molar-refractivity contribution >= 4 is 5.91 Å². The predicted molar refractivity (Wildman–Crippen MR) is 62.3 cm³/mol. The Balaban J connectivity index is 2.81. The molecule has 96 valence electrons. The van der Waals surface area contributed by atoms with Crippen LogP contribution in [0.4, 0.5) is 0 Å². The van der Waals surface area contributed by atoms with Crippen molar-refractivity contribution in [3.8, 4) is 0 Å². The first-order valence-corrected chi connectivity index (χ1v) is 5.45. The fourth-order valence-corrected chi connectivity index (χ4v) is 1.77. The second kappa shape index (κ2) is 5.29. The number of aryl methyl sites for hydroxylation is 2. The van der Waals surface area contributed by atoms with E-state index < -0.39 is 12.2 Å². The number of hydrogen-bond donors (Lipinski definition) is 3. The van der Waals surface area contributed by atoms with Gasteiger partial charge in [-0.1, -0.05) is 0 Å². The van der Waals surface area contributed by atoms with Crippen LogP contribution in [0.2, 0.25) is 0 Å². The maximum atomic E-state index is 10.7. The minimum absolute atomic E-state index is 0.0181. The van der Waals surface area contributed by atoms with E-state index in [0.717, 1.165) is 5.69 Å². The van der Waals surface area contributed by atoms with Gasteiger partial charge in [-0.25, -0.2) is 0 Å². The lowest BCUT2D eigenvalue weighted by Crippen LogP contribution is -2.34. The molecule has 1 rings (SSSR count). The molecule has 1 aromatic heterocycles. The molecule has 0 spiro atoms. The fourth-order valence-electron chi connectivity index (χ4n) is 1.77. The Kier molecular flexibility index (Phi) is 4.25. The molecule has 0 aliphatic rings. The van der Waals surface area contributed by atoms with Gasteiger partial charge in [0.15, 0.2) is 0 Å². The van der Waals surface area contributed by atoms with E-state index in [2.05, 4.69) is 10.4 Å². The summed E-state index contributed by atoms with van der Waals surface area (Å²) in [6.45, 7) is 4.98. The molecule has 17 heavy (non-hydrogen) atoms. The van der Waals surface area contributed by atoms with Crippen LogP contribution in [0.3, 0.4) is 0 Å². The average molecular weight is 241 g/mol. The molecule has 6 heteroatoms. The van der Waals surface area contributed by atoms with Crippen molar-refractivity contribution in [1.82, 2.24) is 15.1 Å². The van der Waals surface area contributed by atoms with Crippen LogP contribution in [0, 0.1) is 13.8 Å². The smallest absolute Gasteiger partial charge is 0.216 e. The molecule has 1 heterocycles. The Morgan fingerprint density at radius 3 is 2.47 bits per heavy atom. The SMILES string of the molecule is CC(=O)NCC(O)C(O)c1c(C)nn(C)c1C. The second-order valence-electron chi connectivity index (χ2n) is 4.16. The highest BCUT2D eigenvalue weighted by atomic mass is 16.3. The van der Waals surface area contributed by atoms with Gasteiger partial charge in [0.1, 0.15) is 12.2 Å². The Morgan fingerprint density at radius 1 is 1.47 bits per heavy atom. The summed E-state index contributed by atoms with van der Waals surface area (Å²) >= 11 is 0. The summed E-state index contributed by atoms with van der Waals surface area (Å²) in [5.74, 6) is -0.240. The quantitative estimate of drug-likeness (QED) is 0.667. The molecule has 0 fully saturated rings. The van der Waals surface area contributed by atoms with Crippen LogP contribution in [0.1, 0.15) is 30.0 Å². The highest BCUT2D eigenvalue weighted by molar-refractivity contribution is 5.72. The van der Waals surface area contributed by atoms with E-state index in [0.29, 0.717) is 11.3 Å². The van der Waals surface area contributed by atoms with Crippen molar-refractivity contribution in [1.29, 1.82) is 0 Å². The molecule has 2 unspecified atom stereocenters. The molecule has 0 radical (unpaired) electrons. The average Bonchev–Trinajstić information content (AvgIpc) is 2.49. The van der Waals surface area contributed by atoms with Crippen LogP contribution >= 0.6 is 0 Å². The van der Waals surface area contributed by atoms with Gasteiger partial charge in [-0.05, 0) is 13.8 Å². The molecule has 0 bridgehead atoms. The standard InChI is InChI=1S/C11H19N3O3/c1-6-10(7(2)14(4)13-6)11(17)9(16)5-12-8(3)15/h9,11,16-17H,5H2,1-4H3,(H,12,15). The Labute approximate surface area is 100 Å². The zero-order chi connectivity index (χ0) is 13.2. The topological polar surface area (TPSA) is 87.4 Å². The van der Waals surface area contributed by atoms with Crippen LogP contribution in [-0.4, -0.2) is 38.5 Å². The van der Waals surface area contributed by atoms with Crippen LogP contribution in [0.5, 0.6) is 0 Å². The van der Waals surface area contributed by atoms with Gasteiger partial charge in [-0.2, -0.15) is 5.10 Å². The number of carbonyl (C=O) groups is 1. The zero-order valence-corrected chi connectivity index (χ0v) is 10.6. The summed E-state index contributed by atoms with van der Waals surface area (Å²) in [5, 5.41) is 26.4. The van der Waals surface area contributed by atoms with Gasteiger partial charge in [0.25, 0.3) is 0 Å². The van der Waals surface area contributed by atoms with E-state index in [9.17, 15) is 15.0 Å². The van der Waals surface area contributed by atoms with E-state index in [-0.39, 0.29) is 12.5 Å². The molecule has 0 aliphatic heterocycles. The third-order valence-electron chi connectivity index (χ3n) is 2.79. The lowest BCUT2D eigenvalue weighted by molar-refractivity contribution is -0.119. The number of carbonyl (C=O) groups excluding carboxylic acids is 1. The number of amides is 1. The van der Waals surface area contributed by atoms with Crippen molar-refractivity contribution in [3.63, 3.8) is 0 Å². The van der Waals surface area contributed by atoms with Crippen molar-refractivity contribution in [2.75, 3.05) is 6.54 Å². The summed E-state index contributed by atoms with van der Waals surface area (Å²) in [5.41, 5.74) is 2.10. The number of aliphatic hydroxyl groups is 2. The van der Waals surface area contributed by atoms with Crippen LogP contribution in [0.25, 0.3) is 0 Å². The third kappa shape index (κ3) is 3.04. The minimum atomic E-state index is -1.05. The molecule has 0 aliphatic carbocycles. The monoisotopic (exact) mass is 241 g/mol. The molecule has 6 nitrogen and oxygen atoms in total. The van der Waals surface area contributed by atoms with Gasteiger partial charge in [-0.15, -0.1) is 0 Å².